The van der Waals surface area contributed by atoms with Gasteiger partial charge in [0.25, 0.3) is 5.91 Å². The van der Waals surface area contributed by atoms with Gasteiger partial charge in [-0.25, -0.2) is 4.39 Å². The molecule has 2 aromatic rings. The summed E-state index contributed by atoms with van der Waals surface area (Å²) in [7, 11) is 0. The third-order valence-corrected chi connectivity index (χ3v) is 2.73. The minimum Gasteiger partial charge on any atom is -0.322 e. The fraction of sp³-hybridized carbons (Fsp3) is 0. The predicted octanol–water partition coefficient (Wildman–Crippen LogP) is 4.02. The van der Waals surface area contributed by atoms with Crippen LogP contribution in [0, 0.1) is 5.82 Å². The Morgan fingerprint density at radius 3 is 2.67 bits per heavy atom. The lowest BCUT2D eigenvalue weighted by Gasteiger charge is -2.06. The molecule has 0 aliphatic heterocycles. The molecule has 1 amide bonds. The SMILES string of the molecule is O=C(Nc1cc(F)cc(Cl)c1)c1cccc(S)c1. The van der Waals surface area contributed by atoms with Crippen LogP contribution in [0.25, 0.3) is 0 Å². The lowest BCUT2D eigenvalue weighted by Crippen LogP contribution is -2.11. The number of anilines is 1. The Bertz CT molecular complexity index is 583. The van der Waals surface area contributed by atoms with E-state index < -0.39 is 5.82 Å². The van der Waals surface area contributed by atoms with Gasteiger partial charge < -0.3 is 5.32 Å². The van der Waals surface area contributed by atoms with Crippen molar-refractivity contribution in [2.24, 2.45) is 0 Å². The number of benzene rings is 2. The van der Waals surface area contributed by atoms with E-state index in [-0.39, 0.29) is 10.9 Å². The Morgan fingerprint density at radius 1 is 1.22 bits per heavy atom. The summed E-state index contributed by atoms with van der Waals surface area (Å²) >= 11 is 9.85. The number of hydrogen-bond acceptors (Lipinski definition) is 2. The van der Waals surface area contributed by atoms with Crippen LogP contribution in [0.3, 0.4) is 0 Å². The predicted molar refractivity (Wildman–Crippen MR) is 73.1 cm³/mol. The van der Waals surface area contributed by atoms with Crippen molar-refractivity contribution in [1.82, 2.24) is 0 Å². The Morgan fingerprint density at radius 2 is 2.00 bits per heavy atom. The van der Waals surface area contributed by atoms with Gasteiger partial charge in [-0.3, -0.25) is 4.79 Å². The van der Waals surface area contributed by atoms with Gasteiger partial charge in [0.05, 0.1) is 0 Å². The highest BCUT2D eigenvalue weighted by molar-refractivity contribution is 7.80. The van der Waals surface area contributed by atoms with E-state index in [2.05, 4.69) is 17.9 Å². The number of carbonyl (C=O) groups excluding carboxylic acids is 1. The minimum absolute atomic E-state index is 0.230. The quantitative estimate of drug-likeness (QED) is 0.800. The van der Waals surface area contributed by atoms with E-state index in [9.17, 15) is 9.18 Å². The Hall–Kier alpha value is -1.52. The van der Waals surface area contributed by atoms with Crippen LogP contribution in [0.5, 0.6) is 0 Å². The lowest BCUT2D eigenvalue weighted by atomic mass is 10.2. The monoisotopic (exact) mass is 281 g/mol. The molecule has 2 nitrogen and oxygen atoms in total. The average Bonchev–Trinajstić information content (AvgIpc) is 2.27. The first-order valence-corrected chi connectivity index (χ1v) is 5.93. The molecule has 0 radical (unpaired) electrons. The molecule has 18 heavy (non-hydrogen) atoms. The van der Waals surface area contributed by atoms with Crippen LogP contribution in [0.15, 0.2) is 47.4 Å². The molecule has 92 valence electrons. The summed E-state index contributed by atoms with van der Waals surface area (Å²) in [6.07, 6.45) is 0. The first kappa shape index (κ1) is 12.9. The first-order valence-electron chi connectivity index (χ1n) is 5.11. The maximum Gasteiger partial charge on any atom is 0.255 e. The van der Waals surface area contributed by atoms with E-state index >= 15 is 0 Å². The summed E-state index contributed by atoms with van der Waals surface area (Å²) in [5.41, 5.74) is 0.762. The van der Waals surface area contributed by atoms with Gasteiger partial charge in [0.15, 0.2) is 0 Å². The molecule has 0 atom stereocenters. The van der Waals surface area contributed by atoms with Crippen molar-refractivity contribution in [2.45, 2.75) is 4.90 Å². The lowest BCUT2D eigenvalue weighted by molar-refractivity contribution is 0.102. The topological polar surface area (TPSA) is 29.1 Å². The molecule has 5 heteroatoms. The van der Waals surface area contributed by atoms with Gasteiger partial charge in [0, 0.05) is 21.2 Å². The number of thiol groups is 1. The Labute approximate surface area is 114 Å². The summed E-state index contributed by atoms with van der Waals surface area (Å²) in [5.74, 6) is -0.840. The summed E-state index contributed by atoms with van der Waals surface area (Å²) < 4.78 is 13.1. The minimum atomic E-state index is -0.499. The third kappa shape index (κ3) is 3.24. The smallest absolute Gasteiger partial charge is 0.255 e. The summed E-state index contributed by atoms with van der Waals surface area (Å²) in [6, 6.07) is 10.6. The van der Waals surface area contributed by atoms with Gasteiger partial charge in [0.1, 0.15) is 5.82 Å². The number of hydrogen-bond donors (Lipinski definition) is 2. The van der Waals surface area contributed by atoms with Crippen LogP contribution >= 0.6 is 24.2 Å². The van der Waals surface area contributed by atoms with Crippen LogP contribution < -0.4 is 5.32 Å². The molecule has 2 rings (SSSR count). The molecule has 2 aromatic carbocycles. The van der Waals surface area contributed by atoms with E-state index in [4.69, 9.17) is 11.6 Å². The van der Waals surface area contributed by atoms with E-state index in [0.717, 1.165) is 0 Å². The van der Waals surface area contributed by atoms with E-state index in [0.29, 0.717) is 16.1 Å². The number of nitrogens with one attached hydrogen (secondary N) is 1. The van der Waals surface area contributed by atoms with Crippen molar-refractivity contribution in [2.75, 3.05) is 5.32 Å². The van der Waals surface area contributed by atoms with Gasteiger partial charge in [-0.2, -0.15) is 0 Å². The molecule has 1 N–H and O–H groups in total. The first-order chi connectivity index (χ1) is 8.54. The summed E-state index contributed by atoms with van der Waals surface area (Å²) in [5, 5.41) is 2.80. The summed E-state index contributed by atoms with van der Waals surface area (Å²) in [6.45, 7) is 0. The largest absolute Gasteiger partial charge is 0.322 e. The van der Waals surface area contributed by atoms with Crippen LogP contribution in [0.2, 0.25) is 5.02 Å². The average molecular weight is 282 g/mol. The molecule has 0 bridgehead atoms. The van der Waals surface area contributed by atoms with Gasteiger partial charge in [-0.05, 0) is 36.4 Å². The maximum atomic E-state index is 13.1. The van der Waals surface area contributed by atoms with Crippen molar-refractivity contribution >= 4 is 35.8 Å². The highest BCUT2D eigenvalue weighted by Crippen LogP contribution is 2.19. The molecule has 0 saturated carbocycles. The van der Waals surface area contributed by atoms with Crippen LogP contribution in [0.1, 0.15) is 10.4 Å². The van der Waals surface area contributed by atoms with E-state index in [1.807, 2.05) is 0 Å². The molecule has 0 heterocycles. The number of amides is 1. The second kappa shape index (κ2) is 5.42. The van der Waals surface area contributed by atoms with Crippen molar-refractivity contribution < 1.29 is 9.18 Å². The molecule has 0 saturated heterocycles. The number of halogens is 2. The molecular weight excluding hydrogens is 273 g/mol. The van der Waals surface area contributed by atoms with Gasteiger partial charge in [-0.1, -0.05) is 17.7 Å². The molecule has 0 aliphatic carbocycles. The maximum absolute atomic E-state index is 13.1. The fourth-order valence-corrected chi connectivity index (χ4v) is 1.92. The molecule has 0 aromatic heterocycles. The molecule has 0 aliphatic rings. The van der Waals surface area contributed by atoms with Crippen molar-refractivity contribution in [3.63, 3.8) is 0 Å². The number of rotatable bonds is 2. The molecular formula is C13H9ClFNOS. The van der Waals surface area contributed by atoms with Crippen LogP contribution in [-0.4, -0.2) is 5.91 Å². The standard InChI is InChI=1S/C13H9ClFNOS/c14-9-5-10(15)7-11(6-9)16-13(17)8-2-1-3-12(18)4-8/h1-7,18H,(H,16,17). The van der Waals surface area contributed by atoms with Crippen molar-refractivity contribution in [1.29, 1.82) is 0 Å². The van der Waals surface area contributed by atoms with Crippen molar-refractivity contribution in [3.05, 3.63) is 58.9 Å². The molecule has 0 spiro atoms. The van der Waals surface area contributed by atoms with Gasteiger partial charge >= 0.3 is 0 Å². The molecule has 0 fully saturated rings. The highest BCUT2D eigenvalue weighted by Gasteiger charge is 2.07. The zero-order valence-corrected chi connectivity index (χ0v) is 10.8. The zero-order chi connectivity index (χ0) is 13.1. The zero-order valence-electron chi connectivity index (χ0n) is 9.15. The Balaban J connectivity index is 2.21. The molecule has 0 unspecified atom stereocenters. The Kier molecular flexibility index (Phi) is 3.89. The van der Waals surface area contributed by atoms with Crippen LogP contribution in [0.4, 0.5) is 10.1 Å². The van der Waals surface area contributed by atoms with E-state index in [1.165, 1.54) is 18.2 Å². The highest BCUT2D eigenvalue weighted by atomic mass is 35.5. The van der Waals surface area contributed by atoms with Crippen molar-refractivity contribution in [3.8, 4) is 0 Å². The second-order valence-electron chi connectivity index (χ2n) is 3.66. The van der Waals surface area contributed by atoms with Gasteiger partial charge in [0.2, 0.25) is 0 Å². The van der Waals surface area contributed by atoms with E-state index in [1.54, 1.807) is 24.3 Å². The third-order valence-electron chi connectivity index (χ3n) is 2.23. The summed E-state index contributed by atoms with van der Waals surface area (Å²) in [4.78, 5) is 12.6. The van der Waals surface area contributed by atoms with Crippen LogP contribution in [-0.2, 0) is 0 Å². The normalized spacial score (nSPS) is 10.2. The van der Waals surface area contributed by atoms with Gasteiger partial charge in [-0.15, -0.1) is 12.6 Å². The second-order valence-corrected chi connectivity index (χ2v) is 4.62. The fourth-order valence-electron chi connectivity index (χ4n) is 1.48. The number of carbonyl (C=O) groups is 1.